The first-order valence-corrected chi connectivity index (χ1v) is 31.9. The molecule has 0 aliphatic carbocycles. The standard InChI is InChI=1S/C65H124O5/c1-3-5-7-9-11-13-15-17-19-21-23-24-25-26-27-28-29-30-31-32-33-34-35-36-37-38-39-40-42-43-45-47-49-51-53-55-57-59-64(67)69-62-63(61-66)70-65(68)60-58-56-54-52-50-48-46-44-41-22-20-18-16-14-12-10-8-6-4-2/h12,14,18,20,63,66H,3-11,13,15-17,19,21-62H2,1-2H3/b14-12-,20-18-. The molecule has 1 N–H and O–H groups in total. The molecule has 414 valence electrons. The van der Waals surface area contributed by atoms with Gasteiger partial charge in [-0.15, -0.1) is 0 Å². The van der Waals surface area contributed by atoms with E-state index >= 15 is 0 Å². The summed E-state index contributed by atoms with van der Waals surface area (Å²) in [6.45, 7) is 4.17. The van der Waals surface area contributed by atoms with Crippen LogP contribution in [0.3, 0.4) is 0 Å². The van der Waals surface area contributed by atoms with Crippen molar-refractivity contribution < 1.29 is 24.2 Å². The van der Waals surface area contributed by atoms with E-state index in [0.29, 0.717) is 12.8 Å². The maximum absolute atomic E-state index is 12.3. The first-order valence-electron chi connectivity index (χ1n) is 31.9. The van der Waals surface area contributed by atoms with Crippen LogP contribution in [-0.2, 0) is 19.1 Å². The van der Waals surface area contributed by atoms with Crippen molar-refractivity contribution in [2.24, 2.45) is 0 Å². The Bertz CT molecular complexity index is 1070. The molecule has 0 aromatic carbocycles. The zero-order valence-corrected chi connectivity index (χ0v) is 47.6. The molecule has 5 heteroatoms. The van der Waals surface area contributed by atoms with E-state index in [1.807, 2.05) is 0 Å². The molecule has 0 radical (unpaired) electrons. The van der Waals surface area contributed by atoms with Gasteiger partial charge in [0.05, 0.1) is 6.61 Å². The third kappa shape index (κ3) is 58.9. The van der Waals surface area contributed by atoms with E-state index in [-0.39, 0.29) is 25.2 Å². The van der Waals surface area contributed by atoms with Gasteiger partial charge < -0.3 is 14.6 Å². The van der Waals surface area contributed by atoms with E-state index in [1.54, 1.807) is 0 Å². The van der Waals surface area contributed by atoms with E-state index in [0.717, 1.165) is 38.5 Å². The van der Waals surface area contributed by atoms with Gasteiger partial charge in [0.15, 0.2) is 6.10 Å². The van der Waals surface area contributed by atoms with Crippen molar-refractivity contribution in [3.8, 4) is 0 Å². The third-order valence-electron chi connectivity index (χ3n) is 14.7. The molecule has 5 nitrogen and oxygen atoms in total. The van der Waals surface area contributed by atoms with Crippen LogP contribution in [0.5, 0.6) is 0 Å². The number of allylic oxidation sites excluding steroid dienone is 4. The number of aliphatic hydroxyl groups is 1. The molecular formula is C65H124O5. The molecule has 0 fully saturated rings. The summed E-state index contributed by atoms with van der Waals surface area (Å²) in [6.07, 6.45) is 79.2. The summed E-state index contributed by atoms with van der Waals surface area (Å²) in [4.78, 5) is 24.5. The molecule has 0 spiro atoms. The van der Waals surface area contributed by atoms with Gasteiger partial charge in [-0.1, -0.05) is 327 Å². The highest BCUT2D eigenvalue weighted by atomic mass is 16.6. The Hall–Kier alpha value is -1.62. The largest absolute Gasteiger partial charge is 0.462 e. The zero-order chi connectivity index (χ0) is 50.6. The lowest BCUT2D eigenvalue weighted by molar-refractivity contribution is -0.161. The SMILES string of the molecule is CCCCC/C=C\C/C=C\CCCCCCCCCCCC(=O)OC(CO)COC(=O)CCCCCCCCCCCCCCCCCCCCCCCCCCCCCCCCCCCCCCC. The van der Waals surface area contributed by atoms with Crippen molar-refractivity contribution in [3.05, 3.63) is 24.3 Å². The van der Waals surface area contributed by atoms with Crippen molar-refractivity contribution >= 4 is 11.9 Å². The van der Waals surface area contributed by atoms with Crippen LogP contribution < -0.4 is 0 Å². The van der Waals surface area contributed by atoms with Gasteiger partial charge >= 0.3 is 11.9 Å². The van der Waals surface area contributed by atoms with Gasteiger partial charge in [-0.2, -0.15) is 0 Å². The lowest BCUT2D eigenvalue weighted by atomic mass is 10.0. The normalized spacial score (nSPS) is 12.2. The average molecular weight is 986 g/mol. The second-order valence-corrected chi connectivity index (χ2v) is 21.9. The topological polar surface area (TPSA) is 72.8 Å². The number of hydrogen-bond acceptors (Lipinski definition) is 5. The number of rotatable bonds is 60. The number of carbonyl (C=O) groups excluding carboxylic acids is 2. The minimum absolute atomic E-state index is 0.0619. The van der Waals surface area contributed by atoms with Gasteiger partial charge in [0.25, 0.3) is 0 Å². The molecule has 0 aromatic rings. The number of unbranched alkanes of at least 4 members (excludes halogenated alkanes) is 48. The van der Waals surface area contributed by atoms with Crippen molar-refractivity contribution in [1.29, 1.82) is 0 Å². The lowest BCUT2D eigenvalue weighted by Crippen LogP contribution is -2.28. The van der Waals surface area contributed by atoms with Crippen molar-refractivity contribution in [2.45, 2.75) is 367 Å². The monoisotopic (exact) mass is 985 g/mol. The Morgan fingerprint density at radius 1 is 0.329 bits per heavy atom. The summed E-state index contributed by atoms with van der Waals surface area (Å²) >= 11 is 0. The van der Waals surface area contributed by atoms with Crippen LogP contribution >= 0.6 is 0 Å². The minimum Gasteiger partial charge on any atom is -0.462 e. The number of ether oxygens (including phenoxy) is 2. The molecule has 0 rings (SSSR count). The van der Waals surface area contributed by atoms with E-state index < -0.39 is 6.10 Å². The molecule has 0 saturated heterocycles. The fourth-order valence-electron chi connectivity index (χ4n) is 9.94. The van der Waals surface area contributed by atoms with Gasteiger partial charge in [0.1, 0.15) is 6.61 Å². The number of carbonyl (C=O) groups is 2. The maximum Gasteiger partial charge on any atom is 0.306 e. The van der Waals surface area contributed by atoms with E-state index in [4.69, 9.17) is 9.47 Å². The van der Waals surface area contributed by atoms with E-state index in [2.05, 4.69) is 38.2 Å². The first-order chi connectivity index (χ1) is 34.6. The third-order valence-corrected chi connectivity index (χ3v) is 14.7. The van der Waals surface area contributed by atoms with Gasteiger partial charge in [0.2, 0.25) is 0 Å². The number of aliphatic hydroxyl groups excluding tert-OH is 1. The molecule has 0 aliphatic rings. The molecule has 0 aromatic heterocycles. The molecule has 0 amide bonds. The highest BCUT2D eigenvalue weighted by molar-refractivity contribution is 5.70. The van der Waals surface area contributed by atoms with Gasteiger partial charge in [-0.25, -0.2) is 0 Å². The number of esters is 2. The summed E-state index contributed by atoms with van der Waals surface area (Å²) in [5, 5.41) is 9.66. The second-order valence-electron chi connectivity index (χ2n) is 21.9. The Balaban J connectivity index is 3.36. The second kappa shape index (κ2) is 61.7. The molecule has 0 aliphatic heterocycles. The predicted octanol–water partition coefficient (Wildman–Crippen LogP) is 21.7. The van der Waals surface area contributed by atoms with Crippen molar-refractivity contribution in [1.82, 2.24) is 0 Å². The zero-order valence-electron chi connectivity index (χ0n) is 47.6. The summed E-state index contributed by atoms with van der Waals surface area (Å²) in [5.74, 6) is -0.576. The Kier molecular flexibility index (Phi) is 60.3. The smallest absolute Gasteiger partial charge is 0.306 e. The van der Waals surface area contributed by atoms with Crippen LogP contribution in [0.2, 0.25) is 0 Å². The Labute approximate surface area is 438 Å². The summed E-state index contributed by atoms with van der Waals surface area (Å²) in [7, 11) is 0. The van der Waals surface area contributed by atoms with Gasteiger partial charge in [-0.3, -0.25) is 9.59 Å². The average Bonchev–Trinajstić information content (AvgIpc) is 3.36. The van der Waals surface area contributed by atoms with Crippen LogP contribution in [0.25, 0.3) is 0 Å². The molecule has 0 saturated carbocycles. The highest BCUT2D eigenvalue weighted by Gasteiger charge is 2.16. The Morgan fingerprint density at radius 2 is 0.571 bits per heavy atom. The predicted molar refractivity (Wildman–Crippen MR) is 307 cm³/mol. The molecule has 0 bridgehead atoms. The minimum atomic E-state index is -0.771. The van der Waals surface area contributed by atoms with Crippen LogP contribution in [0.1, 0.15) is 361 Å². The van der Waals surface area contributed by atoms with E-state index in [9.17, 15) is 14.7 Å². The summed E-state index contributed by atoms with van der Waals surface area (Å²) < 4.78 is 10.7. The molecule has 1 unspecified atom stereocenters. The summed E-state index contributed by atoms with van der Waals surface area (Å²) in [5.41, 5.74) is 0. The van der Waals surface area contributed by atoms with E-state index in [1.165, 1.54) is 295 Å². The molecule has 0 heterocycles. The fourth-order valence-corrected chi connectivity index (χ4v) is 9.94. The molecule has 1 atom stereocenters. The van der Waals surface area contributed by atoms with Crippen molar-refractivity contribution in [2.75, 3.05) is 13.2 Å². The first kappa shape index (κ1) is 68.4. The quantitative estimate of drug-likeness (QED) is 0.0373. The molecular weight excluding hydrogens is 861 g/mol. The maximum atomic E-state index is 12.3. The molecule has 70 heavy (non-hydrogen) atoms. The Morgan fingerprint density at radius 3 is 0.871 bits per heavy atom. The van der Waals surface area contributed by atoms with Crippen LogP contribution in [0.15, 0.2) is 24.3 Å². The highest BCUT2D eigenvalue weighted by Crippen LogP contribution is 2.19. The van der Waals surface area contributed by atoms with Crippen LogP contribution in [-0.4, -0.2) is 36.4 Å². The van der Waals surface area contributed by atoms with Crippen LogP contribution in [0.4, 0.5) is 0 Å². The number of hydrogen-bond donors (Lipinski definition) is 1. The van der Waals surface area contributed by atoms with Gasteiger partial charge in [-0.05, 0) is 44.9 Å². The van der Waals surface area contributed by atoms with Crippen LogP contribution in [0, 0.1) is 0 Å². The fraction of sp³-hybridized carbons (Fsp3) is 0.908. The lowest BCUT2D eigenvalue weighted by Gasteiger charge is -2.15. The summed E-state index contributed by atoms with van der Waals surface area (Å²) in [6, 6.07) is 0. The van der Waals surface area contributed by atoms with Crippen molar-refractivity contribution in [3.63, 3.8) is 0 Å². The van der Waals surface area contributed by atoms with Gasteiger partial charge in [0, 0.05) is 12.8 Å².